The van der Waals surface area contributed by atoms with Crippen LogP contribution in [-0.4, -0.2) is 23.8 Å². The molecular weight excluding hydrogens is 199 g/mol. The van der Waals surface area contributed by atoms with E-state index in [1.165, 1.54) is 6.92 Å². The number of rotatable bonds is 1. The number of amides is 1. The molecule has 82 valence electrons. The molecule has 3 nitrogen and oxygen atoms in total. The minimum atomic E-state index is -4.48. The molecule has 1 saturated heterocycles. The second-order valence-corrected chi connectivity index (χ2v) is 3.75. The van der Waals surface area contributed by atoms with Crippen LogP contribution in [0.2, 0.25) is 0 Å². The van der Waals surface area contributed by atoms with Gasteiger partial charge in [0.1, 0.15) is 6.10 Å². The van der Waals surface area contributed by atoms with Gasteiger partial charge in [-0.15, -0.1) is 0 Å². The van der Waals surface area contributed by atoms with Gasteiger partial charge in [-0.3, -0.25) is 4.79 Å². The Morgan fingerprint density at radius 3 is 2.29 bits per heavy atom. The van der Waals surface area contributed by atoms with E-state index in [0.29, 0.717) is 0 Å². The molecule has 0 saturated carbocycles. The lowest BCUT2D eigenvalue weighted by Gasteiger charge is -2.30. The second kappa shape index (κ2) is 3.12. The van der Waals surface area contributed by atoms with E-state index in [1.54, 1.807) is 0 Å². The molecule has 3 atom stereocenters. The van der Waals surface area contributed by atoms with Crippen LogP contribution in [0.4, 0.5) is 13.2 Å². The van der Waals surface area contributed by atoms with Crippen molar-refractivity contribution in [1.29, 1.82) is 0 Å². The highest BCUT2D eigenvalue weighted by Crippen LogP contribution is 2.46. The Morgan fingerprint density at radius 1 is 1.57 bits per heavy atom. The molecule has 1 amide bonds. The largest absolute Gasteiger partial charge is 0.417 e. The van der Waals surface area contributed by atoms with Crippen molar-refractivity contribution in [2.24, 2.45) is 11.7 Å². The van der Waals surface area contributed by atoms with E-state index in [-0.39, 0.29) is 6.42 Å². The molecule has 0 radical (unpaired) electrons. The third-order valence-electron chi connectivity index (χ3n) is 2.78. The van der Waals surface area contributed by atoms with E-state index in [1.807, 2.05) is 0 Å². The monoisotopic (exact) mass is 211 g/mol. The number of ether oxygens (including phenoxy) is 1. The van der Waals surface area contributed by atoms with Gasteiger partial charge in [-0.25, -0.2) is 0 Å². The van der Waals surface area contributed by atoms with E-state index in [2.05, 4.69) is 4.74 Å². The summed E-state index contributed by atoms with van der Waals surface area (Å²) in [5.41, 5.74) is 2.64. The highest BCUT2D eigenvalue weighted by Gasteiger charge is 2.61. The summed E-state index contributed by atoms with van der Waals surface area (Å²) in [4.78, 5) is 10.7. The van der Waals surface area contributed by atoms with Gasteiger partial charge in [-0.1, -0.05) is 6.92 Å². The Hall–Kier alpha value is -0.780. The molecule has 1 rings (SSSR count). The molecule has 0 aromatic carbocycles. The zero-order valence-electron chi connectivity index (χ0n) is 7.89. The van der Waals surface area contributed by atoms with Gasteiger partial charge in [0.25, 0.3) is 0 Å². The summed E-state index contributed by atoms with van der Waals surface area (Å²) in [7, 11) is 0. The topological polar surface area (TPSA) is 52.3 Å². The van der Waals surface area contributed by atoms with Crippen LogP contribution in [0.25, 0.3) is 0 Å². The molecule has 1 fully saturated rings. The number of hydrogen-bond acceptors (Lipinski definition) is 2. The zero-order chi connectivity index (χ0) is 11.1. The minimum Gasteiger partial charge on any atom is -0.367 e. The minimum absolute atomic E-state index is 0.0192. The van der Waals surface area contributed by atoms with Crippen molar-refractivity contribution in [2.45, 2.75) is 38.1 Å². The molecule has 1 aliphatic heterocycles. The number of alkyl halides is 3. The Balaban J connectivity index is 2.88. The summed E-state index contributed by atoms with van der Waals surface area (Å²) in [6, 6.07) is 0. The number of carbonyl (C=O) groups is 1. The highest BCUT2D eigenvalue weighted by molar-refractivity contribution is 5.79. The van der Waals surface area contributed by atoms with Crippen LogP contribution in [0.3, 0.4) is 0 Å². The number of carbonyl (C=O) groups excluding carboxylic acids is 1. The SMILES string of the molecule is CC1CC(C(N)=O)OC1(C)C(F)(F)F. The molecule has 1 aliphatic rings. The first-order valence-electron chi connectivity index (χ1n) is 4.22. The smallest absolute Gasteiger partial charge is 0.367 e. The molecule has 0 spiro atoms. The fourth-order valence-electron chi connectivity index (χ4n) is 1.53. The summed E-state index contributed by atoms with van der Waals surface area (Å²) in [6.07, 6.45) is -5.58. The van der Waals surface area contributed by atoms with Crippen LogP contribution in [0, 0.1) is 5.92 Å². The molecule has 3 unspecified atom stereocenters. The molecule has 0 aliphatic carbocycles. The Morgan fingerprint density at radius 2 is 2.07 bits per heavy atom. The van der Waals surface area contributed by atoms with E-state index in [4.69, 9.17) is 5.73 Å². The molecule has 0 aromatic rings. The molecule has 0 aromatic heterocycles. The first kappa shape index (κ1) is 11.3. The molecule has 2 N–H and O–H groups in total. The molecular formula is C8H12F3NO2. The predicted octanol–water partition coefficient (Wildman–Crippen LogP) is 1.22. The van der Waals surface area contributed by atoms with E-state index >= 15 is 0 Å². The molecule has 0 bridgehead atoms. The lowest BCUT2D eigenvalue weighted by molar-refractivity contribution is -0.272. The lowest BCUT2D eigenvalue weighted by atomic mass is 9.89. The van der Waals surface area contributed by atoms with Crippen LogP contribution in [-0.2, 0) is 9.53 Å². The van der Waals surface area contributed by atoms with Gasteiger partial charge in [0, 0.05) is 0 Å². The van der Waals surface area contributed by atoms with Crippen molar-refractivity contribution < 1.29 is 22.7 Å². The first-order valence-corrected chi connectivity index (χ1v) is 4.22. The summed E-state index contributed by atoms with van der Waals surface area (Å²) in [6.45, 7) is 2.34. The Bertz CT molecular complexity index is 253. The molecule has 1 heterocycles. The van der Waals surface area contributed by atoms with Crippen molar-refractivity contribution >= 4 is 5.91 Å². The maximum Gasteiger partial charge on any atom is 0.417 e. The van der Waals surface area contributed by atoms with Crippen molar-refractivity contribution in [1.82, 2.24) is 0 Å². The normalized spacial score (nSPS) is 38.6. The fourth-order valence-corrected chi connectivity index (χ4v) is 1.53. The van der Waals surface area contributed by atoms with E-state index in [9.17, 15) is 18.0 Å². The van der Waals surface area contributed by atoms with Gasteiger partial charge in [-0.2, -0.15) is 13.2 Å². The summed E-state index contributed by atoms with van der Waals surface area (Å²) in [5.74, 6) is -1.61. The summed E-state index contributed by atoms with van der Waals surface area (Å²) < 4.78 is 42.4. The van der Waals surface area contributed by atoms with Gasteiger partial charge >= 0.3 is 6.18 Å². The predicted molar refractivity (Wildman–Crippen MR) is 42.3 cm³/mol. The molecule has 6 heteroatoms. The lowest BCUT2D eigenvalue weighted by Crippen LogP contribution is -2.47. The van der Waals surface area contributed by atoms with Crippen LogP contribution in [0.15, 0.2) is 0 Å². The van der Waals surface area contributed by atoms with Crippen molar-refractivity contribution in [3.05, 3.63) is 0 Å². The summed E-state index contributed by atoms with van der Waals surface area (Å²) in [5, 5.41) is 0. The molecule has 14 heavy (non-hydrogen) atoms. The Kier molecular flexibility index (Phi) is 2.51. The van der Waals surface area contributed by atoms with Gasteiger partial charge < -0.3 is 10.5 Å². The van der Waals surface area contributed by atoms with Gasteiger partial charge in [0.05, 0.1) is 0 Å². The first-order chi connectivity index (χ1) is 6.18. The second-order valence-electron chi connectivity index (χ2n) is 3.75. The number of nitrogens with two attached hydrogens (primary N) is 1. The quantitative estimate of drug-likeness (QED) is 0.708. The average molecular weight is 211 g/mol. The third kappa shape index (κ3) is 1.58. The Labute approximate surface area is 79.4 Å². The zero-order valence-corrected chi connectivity index (χ0v) is 7.89. The van der Waals surface area contributed by atoms with Gasteiger partial charge in [-0.05, 0) is 19.3 Å². The van der Waals surface area contributed by atoms with Crippen LogP contribution in [0.5, 0.6) is 0 Å². The van der Waals surface area contributed by atoms with Crippen LogP contribution < -0.4 is 5.73 Å². The third-order valence-corrected chi connectivity index (χ3v) is 2.78. The maximum atomic E-state index is 12.6. The highest BCUT2D eigenvalue weighted by atomic mass is 19.4. The van der Waals surface area contributed by atoms with E-state index in [0.717, 1.165) is 6.92 Å². The van der Waals surface area contributed by atoms with Crippen LogP contribution >= 0.6 is 0 Å². The number of primary amides is 1. The van der Waals surface area contributed by atoms with Crippen molar-refractivity contribution in [3.63, 3.8) is 0 Å². The average Bonchev–Trinajstić information content (AvgIpc) is 2.28. The van der Waals surface area contributed by atoms with Gasteiger partial charge in [0.2, 0.25) is 5.91 Å². The number of hydrogen-bond donors (Lipinski definition) is 1. The summed E-state index contributed by atoms with van der Waals surface area (Å²) >= 11 is 0. The van der Waals surface area contributed by atoms with Crippen molar-refractivity contribution in [3.8, 4) is 0 Å². The van der Waals surface area contributed by atoms with Crippen LogP contribution in [0.1, 0.15) is 20.3 Å². The van der Waals surface area contributed by atoms with Crippen molar-refractivity contribution in [2.75, 3.05) is 0 Å². The standard InChI is InChI=1S/C8H12F3NO2/c1-4-3-5(6(12)13)14-7(4,2)8(9,10)11/h4-5H,3H2,1-2H3,(H2,12,13). The van der Waals surface area contributed by atoms with Gasteiger partial charge in [0.15, 0.2) is 5.60 Å². The fraction of sp³-hybridized carbons (Fsp3) is 0.875. The maximum absolute atomic E-state index is 12.6. The number of halogens is 3. The van der Waals surface area contributed by atoms with E-state index < -0.39 is 29.7 Å².